The minimum absolute atomic E-state index is 0.0263. The molecule has 214 valence electrons. The molecule has 0 radical (unpaired) electrons. The van der Waals surface area contributed by atoms with Crippen molar-refractivity contribution < 1.29 is 37.9 Å². The summed E-state index contributed by atoms with van der Waals surface area (Å²) in [4.78, 5) is 11.6. The minimum atomic E-state index is -0.798. The molecule has 2 aliphatic rings. The van der Waals surface area contributed by atoms with Gasteiger partial charge in [-0.3, -0.25) is 0 Å². The molecule has 0 amide bonds. The number of hydrogen-bond donors (Lipinski definition) is 4. The number of fused-ring (bicyclic) bond motifs is 2. The molecule has 2 aliphatic heterocycles. The second-order valence-corrected chi connectivity index (χ2v) is 10.3. The van der Waals surface area contributed by atoms with Crippen LogP contribution < -0.4 is 14.8 Å². The van der Waals surface area contributed by atoms with Crippen LogP contribution in [0, 0.1) is 17.0 Å². The monoisotopic (exact) mass is 570 g/mol. The number of aromatic nitrogens is 3. The van der Waals surface area contributed by atoms with Crippen LogP contribution >= 0.6 is 11.6 Å². The highest BCUT2D eigenvalue weighted by Crippen LogP contribution is 2.31. The number of benzene rings is 1. The van der Waals surface area contributed by atoms with Crippen LogP contribution in [0.4, 0.5) is 14.6 Å². The molecule has 4 heterocycles. The summed E-state index contributed by atoms with van der Waals surface area (Å²) in [6.07, 6.45) is -1.99. The van der Waals surface area contributed by atoms with Gasteiger partial charge in [-0.15, -0.1) is 0 Å². The van der Waals surface area contributed by atoms with Crippen LogP contribution in [0.3, 0.4) is 0 Å². The van der Waals surface area contributed by atoms with Gasteiger partial charge in [0.05, 0.1) is 37.0 Å². The molecule has 4 N–H and O–H groups in total. The number of hydrogen-bond acceptors (Lipinski definition) is 9. The Kier molecular flexibility index (Phi) is 9.12. The maximum Gasteiger partial charge on any atom is 0.296 e. The lowest BCUT2D eigenvalue weighted by Crippen LogP contribution is -2.34. The third-order valence-electron chi connectivity index (χ3n) is 6.25. The molecule has 4 atom stereocenters. The average Bonchev–Trinajstić information content (AvgIpc) is 3.60. The summed E-state index contributed by atoms with van der Waals surface area (Å²) in [6.45, 7) is 7.70. The molecule has 2 aromatic heterocycles. The van der Waals surface area contributed by atoms with Gasteiger partial charge in [0.15, 0.2) is 11.8 Å². The molecular formula is C26H33ClF2N4O6. The Bertz CT molecular complexity index is 1270. The topological polar surface area (TPSA) is 131 Å². The summed E-state index contributed by atoms with van der Waals surface area (Å²) in [6, 6.07) is 3.93. The zero-order chi connectivity index (χ0) is 28.3. The predicted octanol–water partition coefficient (Wildman–Crippen LogP) is 3.83. The Labute approximate surface area is 229 Å². The van der Waals surface area contributed by atoms with E-state index in [0.29, 0.717) is 5.52 Å². The first-order valence-corrected chi connectivity index (χ1v) is 13.1. The number of rotatable bonds is 9. The standard InChI is InChI=1S/C24H27ClF2N4O6.C2H6/c1-24(2,9-32)10-36-11-3-14(26)12(15(27)4-11)6-28-21-13(25)5-16-22(30-21)31-23(29-16)37-18-8-35-19-17(33)7-34-20(18)19;1-2/h3-5,17-20,32-33H,6-10H2,1-2H3,(H2,28,29,30,31);1-2H3/t17-,18-,19-,20-;/m1./s1. The van der Waals surface area contributed by atoms with Crippen molar-refractivity contribution in [2.75, 3.05) is 31.7 Å². The van der Waals surface area contributed by atoms with E-state index in [1.807, 2.05) is 13.8 Å². The predicted molar refractivity (Wildman–Crippen MR) is 140 cm³/mol. The van der Waals surface area contributed by atoms with Gasteiger partial charge in [0.1, 0.15) is 41.5 Å². The SMILES string of the molecule is CC.CC(C)(CO)COc1cc(F)c(CNc2nc3nc(O[C@@H]4CO[C@H]5[C@@H]4OC[C@H]5O)[nH]c3cc2Cl)c(F)c1. The summed E-state index contributed by atoms with van der Waals surface area (Å²) in [5.74, 6) is -1.39. The van der Waals surface area contributed by atoms with E-state index in [2.05, 4.69) is 20.3 Å². The Hall–Kier alpha value is -2.77. The average molecular weight is 571 g/mol. The lowest BCUT2D eigenvalue weighted by Gasteiger charge is -2.22. The molecule has 10 nitrogen and oxygen atoms in total. The second kappa shape index (κ2) is 12.2. The molecule has 13 heteroatoms. The van der Waals surface area contributed by atoms with Crippen LogP contribution in [0.1, 0.15) is 33.3 Å². The zero-order valence-corrected chi connectivity index (χ0v) is 22.9. The van der Waals surface area contributed by atoms with Gasteiger partial charge in [0.2, 0.25) is 0 Å². The Balaban J connectivity index is 0.00000172. The Morgan fingerprint density at radius 1 is 1.13 bits per heavy atom. The number of ether oxygens (including phenoxy) is 4. The quantitative estimate of drug-likeness (QED) is 0.303. The van der Waals surface area contributed by atoms with E-state index in [9.17, 15) is 19.0 Å². The maximum absolute atomic E-state index is 14.7. The molecule has 0 bridgehead atoms. The van der Waals surface area contributed by atoms with Crippen LogP contribution in [0.5, 0.6) is 11.8 Å². The first-order valence-electron chi connectivity index (χ1n) is 12.7. The Morgan fingerprint density at radius 2 is 1.82 bits per heavy atom. The third kappa shape index (κ3) is 6.52. The van der Waals surface area contributed by atoms with E-state index in [0.717, 1.165) is 12.1 Å². The summed E-state index contributed by atoms with van der Waals surface area (Å²) in [5, 5.41) is 22.2. The van der Waals surface area contributed by atoms with Gasteiger partial charge in [0.25, 0.3) is 6.01 Å². The lowest BCUT2D eigenvalue weighted by atomic mass is 9.96. The number of H-pyrrole nitrogens is 1. The fourth-order valence-electron chi connectivity index (χ4n) is 4.09. The highest BCUT2D eigenvalue weighted by Gasteiger charge is 2.48. The number of anilines is 1. The van der Waals surface area contributed by atoms with Gasteiger partial charge in [-0.1, -0.05) is 39.3 Å². The van der Waals surface area contributed by atoms with Crippen molar-refractivity contribution in [1.29, 1.82) is 0 Å². The van der Waals surface area contributed by atoms with Crippen LogP contribution in [0.15, 0.2) is 18.2 Å². The van der Waals surface area contributed by atoms with E-state index in [1.54, 1.807) is 19.9 Å². The number of aromatic amines is 1. The number of nitrogens with zero attached hydrogens (tertiary/aromatic N) is 2. The number of aliphatic hydroxyl groups excluding tert-OH is 2. The first kappa shape index (κ1) is 29.2. The van der Waals surface area contributed by atoms with Gasteiger partial charge in [-0.25, -0.2) is 13.8 Å². The molecule has 5 rings (SSSR count). The van der Waals surface area contributed by atoms with Crippen LogP contribution in [0.2, 0.25) is 5.02 Å². The molecule has 2 saturated heterocycles. The van der Waals surface area contributed by atoms with Crippen molar-refractivity contribution in [2.45, 2.75) is 58.7 Å². The Morgan fingerprint density at radius 3 is 2.51 bits per heavy atom. The van der Waals surface area contributed by atoms with Gasteiger partial charge in [0, 0.05) is 29.7 Å². The smallest absolute Gasteiger partial charge is 0.296 e. The molecule has 0 spiro atoms. The summed E-state index contributed by atoms with van der Waals surface area (Å²) < 4.78 is 51.7. The number of imidazole rings is 1. The van der Waals surface area contributed by atoms with E-state index in [1.165, 1.54) is 0 Å². The van der Waals surface area contributed by atoms with E-state index in [4.69, 9.17) is 30.5 Å². The van der Waals surface area contributed by atoms with Gasteiger partial charge in [-0.05, 0) is 6.07 Å². The molecule has 0 saturated carbocycles. The third-order valence-corrected chi connectivity index (χ3v) is 6.54. The second-order valence-electron chi connectivity index (χ2n) is 9.88. The summed E-state index contributed by atoms with van der Waals surface area (Å²) >= 11 is 6.33. The summed E-state index contributed by atoms with van der Waals surface area (Å²) in [7, 11) is 0. The fraction of sp³-hybridized carbons (Fsp3) is 0.538. The van der Waals surface area contributed by atoms with Gasteiger partial charge < -0.3 is 39.5 Å². The fourth-order valence-corrected chi connectivity index (χ4v) is 4.31. The van der Waals surface area contributed by atoms with E-state index < -0.39 is 41.5 Å². The molecular weight excluding hydrogens is 538 g/mol. The van der Waals surface area contributed by atoms with Gasteiger partial charge >= 0.3 is 0 Å². The molecule has 1 aromatic carbocycles. The van der Waals surface area contributed by atoms with Crippen molar-refractivity contribution in [1.82, 2.24) is 15.0 Å². The van der Waals surface area contributed by atoms with E-state index >= 15 is 0 Å². The van der Waals surface area contributed by atoms with Crippen molar-refractivity contribution in [3.05, 3.63) is 40.4 Å². The number of halogens is 3. The van der Waals surface area contributed by atoms with Crippen LogP contribution in [0.25, 0.3) is 11.2 Å². The molecule has 39 heavy (non-hydrogen) atoms. The zero-order valence-electron chi connectivity index (χ0n) is 22.1. The van der Waals surface area contributed by atoms with Crippen molar-refractivity contribution in [3.63, 3.8) is 0 Å². The number of pyridine rings is 1. The lowest BCUT2D eigenvalue weighted by molar-refractivity contribution is 0.00706. The number of nitrogens with one attached hydrogen (secondary N) is 2. The molecule has 2 fully saturated rings. The van der Waals surface area contributed by atoms with Crippen molar-refractivity contribution in [2.24, 2.45) is 5.41 Å². The minimum Gasteiger partial charge on any atom is -0.493 e. The highest BCUT2D eigenvalue weighted by molar-refractivity contribution is 6.33. The van der Waals surface area contributed by atoms with Crippen molar-refractivity contribution >= 4 is 28.6 Å². The van der Waals surface area contributed by atoms with Gasteiger partial charge in [-0.2, -0.15) is 4.98 Å². The normalized spacial score (nSPS) is 22.4. The highest BCUT2D eigenvalue weighted by atomic mass is 35.5. The van der Waals surface area contributed by atoms with Crippen molar-refractivity contribution in [3.8, 4) is 11.8 Å². The molecule has 0 aliphatic carbocycles. The van der Waals surface area contributed by atoms with E-state index in [-0.39, 0.29) is 66.8 Å². The number of aliphatic hydroxyl groups is 2. The first-order chi connectivity index (χ1) is 18.6. The summed E-state index contributed by atoms with van der Waals surface area (Å²) in [5.41, 5.74) is 0.0113. The largest absolute Gasteiger partial charge is 0.493 e. The molecule has 0 unspecified atom stereocenters. The maximum atomic E-state index is 14.7. The molecule has 3 aromatic rings. The van der Waals surface area contributed by atoms with Crippen LogP contribution in [-0.2, 0) is 16.0 Å². The van der Waals surface area contributed by atoms with Crippen LogP contribution in [-0.4, -0.2) is 76.0 Å².